The minimum Gasteiger partial charge on any atom is -0.406 e. The summed E-state index contributed by atoms with van der Waals surface area (Å²) in [5.41, 5.74) is 0.311. The SMILES string of the molecule is O=c1[nH]c2cc(Br)c(S(=O)(=O)N3CCCO3)c(Cl)c2o1. The number of rotatable bonds is 2. The monoisotopic (exact) mass is 382 g/mol. The lowest BCUT2D eigenvalue weighted by Crippen LogP contribution is -2.27. The predicted molar refractivity (Wildman–Crippen MR) is 74.0 cm³/mol. The molecule has 1 fully saturated rings. The van der Waals surface area contributed by atoms with Crippen LogP contribution in [-0.2, 0) is 14.9 Å². The summed E-state index contributed by atoms with van der Waals surface area (Å²) in [5, 5.41) is -0.164. The fourth-order valence-corrected chi connectivity index (χ4v) is 5.06. The number of benzene rings is 1. The van der Waals surface area contributed by atoms with Gasteiger partial charge < -0.3 is 4.42 Å². The van der Waals surface area contributed by atoms with E-state index in [4.69, 9.17) is 20.9 Å². The Bertz CT molecular complexity index is 837. The van der Waals surface area contributed by atoms with Gasteiger partial charge in [-0.1, -0.05) is 16.1 Å². The van der Waals surface area contributed by atoms with Gasteiger partial charge in [-0.3, -0.25) is 9.82 Å². The van der Waals surface area contributed by atoms with Crippen molar-refractivity contribution in [3.05, 3.63) is 26.1 Å². The largest absolute Gasteiger partial charge is 0.417 e. The number of nitrogens with one attached hydrogen (secondary N) is 1. The molecule has 1 aliphatic rings. The molecular weight excluding hydrogens is 376 g/mol. The molecule has 7 nitrogen and oxygen atoms in total. The minimum absolute atomic E-state index is 0.00219. The molecule has 2 heterocycles. The van der Waals surface area contributed by atoms with Crippen LogP contribution in [0, 0.1) is 0 Å². The van der Waals surface area contributed by atoms with Gasteiger partial charge in [0.1, 0.15) is 9.92 Å². The molecule has 0 unspecified atom stereocenters. The highest BCUT2D eigenvalue weighted by Crippen LogP contribution is 2.37. The topological polar surface area (TPSA) is 92.6 Å². The summed E-state index contributed by atoms with van der Waals surface area (Å²) in [6.07, 6.45) is 0.607. The zero-order chi connectivity index (χ0) is 14.5. The van der Waals surface area contributed by atoms with E-state index in [0.717, 1.165) is 4.47 Å². The molecule has 2 aromatic rings. The number of fused-ring (bicyclic) bond motifs is 1. The van der Waals surface area contributed by atoms with Gasteiger partial charge in [0.05, 0.1) is 12.1 Å². The summed E-state index contributed by atoms with van der Waals surface area (Å²) in [6, 6.07) is 1.43. The van der Waals surface area contributed by atoms with Crippen LogP contribution in [0.2, 0.25) is 5.02 Å². The maximum Gasteiger partial charge on any atom is 0.417 e. The van der Waals surface area contributed by atoms with Gasteiger partial charge in [0, 0.05) is 11.0 Å². The molecule has 0 amide bonds. The van der Waals surface area contributed by atoms with Crippen molar-refractivity contribution in [3.63, 3.8) is 0 Å². The maximum absolute atomic E-state index is 12.5. The smallest absolute Gasteiger partial charge is 0.406 e. The molecule has 1 aliphatic heterocycles. The van der Waals surface area contributed by atoms with E-state index in [1.807, 2.05) is 0 Å². The molecule has 0 atom stereocenters. The zero-order valence-electron chi connectivity index (χ0n) is 9.85. The molecule has 10 heteroatoms. The van der Waals surface area contributed by atoms with Crippen LogP contribution in [0.4, 0.5) is 0 Å². The minimum atomic E-state index is -3.93. The van der Waals surface area contributed by atoms with Crippen LogP contribution in [-0.4, -0.2) is 31.0 Å². The average molecular weight is 384 g/mol. The zero-order valence-corrected chi connectivity index (χ0v) is 13.0. The number of H-pyrrole nitrogens is 1. The second-order valence-electron chi connectivity index (χ2n) is 4.11. The summed E-state index contributed by atoms with van der Waals surface area (Å²) in [7, 11) is -3.93. The first kappa shape index (κ1) is 14.1. The highest BCUT2D eigenvalue weighted by Gasteiger charge is 2.34. The van der Waals surface area contributed by atoms with Crippen LogP contribution in [0.15, 0.2) is 24.6 Å². The van der Waals surface area contributed by atoms with E-state index in [9.17, 15) is 13.2 Å². The van der Waals surface area contributed by atoms with E-state index < -0.39 is 15.8 Å². The molecule has 0 aliphatic carbocycles. The van der Waals surface area contributed by atoms with Crippen molar-refractivity contribution < 1.29 is 17.7 Å². The first-order chi connectivity index (χ1) is 9.41. The molecule has 108 valence electrons. The Labute approximate surface area is 126 Å². The van der Waals surface area contributed by atoms with Crippen LogP contribution >= 0.6 is 27.5 Å². The molecular formula is C10H8BrClN2O5S. The normalized spacial score (nSPS) is 17.1. The molecule has 0 saturated carbocycles. The number of hydrogen-bond donors (Lipinski definition) is 1. The fourth-order valence-electron chi connectivity index (χ4n) is 1.96. The fraction of sp³-hybridized carbons (Fsp3) is 0.300. The Morgan fingerprint density at radius 1 is 1.45 bits per heavy atom. The number of aromatic nitrogens is 1. The standard InChI is InChI=1S/C10H8BrClN2O5S/c11-5-4-6-8(19-10(15)13-6)7(12)9(5)20(16,17)14-2-1-3-18-14/h4H,1-3H2,(H,13,15). The quantitative estimate of drug-likeness (QED) is 0.854. The number of hydrogen-bond acceptors (Lipinski definition) is 5. The van der Waals surface area contributed by atoms with Gasteiger partial charge in [-0.2, -0.15) is 0 Å². The molecule has 1 aromatic carbocycles. The van der Waals surface area contributed by atoms with Gasteiger partial charge >= 0.3 is 5.76 Å². The Hall–Kier alpha value is -0.870. The Kier molecular flexibility index (Phi) is 3.41. The van der Waals surface area contributed by atoms with Gasteiger partial charge in [0.2, 0.25) is 0 Å². The van der Waals surface area contributed by atoms with E-state index in [1.54, 1.807) is 0 Å². The van der Waals surface area contributed by atoms with Crippen LogP contribution < -0.4 is 5.76 Å². The number of nitrogens with zero attached hydrogens (tertiary/aromatic N) is 1. The van der Waals surface area contributed by atoms with Crippen molar-refractivity contribution in [2.24, 2.45) is 0 Å². The van der Waals surface area contributed by atoms with Gasteiger partial charge in [-0.15, -0.1) is 0 Å². The summed E-state index contributed by atoms with van der Waals surface area (Å²) >= 11 is 9.23. The highest BCUT2D eigenvalue weighted by molar-refractivity contribution is 9.10. The maximum atomic E-state index is 12.5. The van der Waals surface area contributed by atoms with Gasteiger partial charge in [-0.25, -0.2) is 13.2 Å². The molecule has 1 aromatic heterocycles. The summed E-state index contributed by atoms with van der Waals surface area (Å²) in [4.78, 5) is 18.5. The second-order valence-corrected chi connectivity index (χ2v) is 7.11. The second kappa shape index (κ2) is 4.85. The lowest BCUT2D eigenvalue weighted by Gasteiger charge is -2.16. The predicted octanol–water partition coefficient (Wildman–Crippen LogP) is 1.86. The van der Waals surface area contributed by atoms with Crippen molar-refractivity contribution in [1.82, 2.24) is 9.45 Å². The lowest BCUT2D eigenvalue weighted by molar-refractivity contribution is -0.0284. The number of oxazole rings is 1. The number of hydroxylamine groups is 1. The number of halogens is 2. The van der Waals surface area contributed by atoms with E-state index >= 15 is 0 Å². The van der Waals surface area contributed by atoms with Gasteiger partial charge in [0.25, 0.3) is 10.0 Å². The summed E-state index contributed by atoms with van der Waals surface area (Å²) in [6.45, 7) is 0.580. The van der Waals surface area contributed by atoms with E-state index in [2.05, 4.69) is 20.9 Å². The van der Waals surface area contributed by atoms with Gasteiger partial charge in [0.15, 0.2) is 5.58 Å². The van der Waals surface area contributed by atoms with Crippen molar-refractivity contribution in [3.8, 4) is 0 Å². The first-order valence-corrected chi connectivity index (χ1v) is 8.19. The van der Waals surface area contributed by atoms with Crippen molar-refractivity contribution >= 4 is 48.7 Å². The Balaban J connectivity index is 2.27. The van der Waals surface area contributed by atoms with Gasteiger partial charge in [-0.05, 0) is 28.4 Å². The highest BCUT2D eigenvalue weighted by atomic mass is 79.9. The van der Waals surface area contributed by atoms with Crippen LogP contribution in [0.1, 0.15) is 6.42 Å². The summed E-state index contributed by atoms with van der Waals surface area (Å²) < 4.78 is 30.9. The summed E-state index contributed by atoms with van der Waals surface area (Å²) in [5.74, 6) is -0.708. The molecule has 20 heavy (non-hydrogen) atoms. The van der Waals surface area contributed by atoms with Crippen molar-refractivity contribution in [2.75, 3.05) is 13.2 Å². The number of sulfonamides is 1. The molecule has 3 rings (SSSR count). The number of aromatic amines is 1. The molecule has 1 N–H and O–H groups in total. The van der Waals surface area contributed by atoms with Crippen LogP contribution in [0.25, 0.3) is 11.1 Å². The third-order valence-electron chi connectivity index (χ3n) is 2.81. The van der Waals surface area contributed by atoms with E-state index in [1.165, 1.54) is 6.07 Å². The third-order valence-corrected chi connectivity index (χ3v) is 5.93. The Morgan fingerprint density at radius 3 is 2.85 bits per heavy atom. The third kappa shape index (κ3) is 2.09. The molecule has 1 saturated heterocycles. The lowest BCUT2D eigenvalue weighted by atomic mass is 10.3. The van der Waals surface area contributed by atoms with Crippen LogP contribution in [0.3, 0.4) is 0 Å². The van der Waals surface area contributed by atoms with Crippen LogP contribution in [0.5, 0.6) is 0 Å². The first-order valence-electron chi connectivity index (χ1n) is 5.58. The molecule has 0 radical (unpaired) electrons. The molecule has 0 bridgehead atoms. The molecule has 0 spiro atoms. The van der Waals surface area contributed by atoms with E-state index in [-0.39, 0.29) is 26.5 Å². The Morgan fingerprint density at radius 2 is 2.20 bits per heavy atom. The van der Waals surface area contributed by atoms with Crippen molar-refractivity contribution in [2.45, 2.75) is 11.3 Å². The van der Waals surface area contributed by atoms with E-state index in [0.29, 0.717) is 18.5 Å². The van der Waals surface area contributed by atoms with Crippen molar-refractivity contribution in [1.29, 1.82) is 0 Å². The average Bonchev–Trinajstić information content (AvgIpc) is 2.97.